The molecule has 16 heavy (non-hydrogen) atoms. The van der Waals surface area contributed by atoms with Gasteiger partial charge in [0.1, 0.15) is 0 Å². The third-order valence-corrected chi connectivity index (χ3v) is 2.65. The zero-order valence-electron chi connectivity index (χ0n) is 11.5. The molecule has 0 bridgehead atoms. The molecule has 0 aromatic heterocycles. The Hall–Kier alpha value is -0.120. The molecule has 1 heterocycles. The summed E-state index contributed by atoms with van der Waals surface area (Å²) in [5.41, 5.74) is -0.00834. The van der Waals surface area contributed by atoms with Crippen molar-refractivity contribution in [1.82, 2.24) is 4.90 Å². The summed E-state index contributed by atoms with van der Waals surface area (Å²) in [6.07, 6.45) is 1.84. The molecule has 1 fully saturated rings. The molecule has 3 nitrogen and oxygen atoms in total. The highest BCUT2D eigenvalue weighted by molar-refractivity contribution is 4.72. The zero-order chi connectivity index (χ0) is 12.2. The van der Waals surface area contributed by atoms with E-state index >= 15 is 0 Å². The van der Waals surface area contributed by atoms with E-state index in [4.69, 9.17) is 9.47 Å². The minimum atomic E-state index is -0.00834. The van der Waals surface area contributed by atoms with E-state index in [0.717, 1.165) is 32.7 Å². The highest BCUT2D eigenvalue weighted by Crippen LogP contribution is 2.12. The lowest BCUT2D eigenvalue weighted by atomic mass is 10.2. The molecule has 1 aliphatic heterocycles. The molecule has 0 aromatic rings. The van der Waals surface area contributed by atoms with Crippen LogP contribution in [0.4, 0.5) is 0 Å². The summed E-state index contributed by atoms with van der Waals surface area (Å²) in [4.78, 5) is 2.48. The Balaban J connectivity index is 2.13. The molecule has 0 N–H and O–H groups in total. The van der Waals surface area contributed by atoms with Crippen molar-refractivity contribution in [2.75, 3.05) is 26.2 Å². The fourth-order valence-corrected chi connectivity index (χ4v) is 2.13. The number of hydrogen-bond acceptors (Lipinski definition) is 3. The summed E-state index contributed by atoms with van der Waals surface area (Å²) < 4.78 is 11.4. The van der Waals surface area contributed by atoms with Crippen molar-refractivity contribution in [3.05, 3.63) is 0 Å². The van der Waals surface area contributed by atoms with Crippen LogP contribution in [0.5, 0.6) is 0 Å². The Kier molecular flexibility index (Phi) is 5.22. The van der Waals surface area contributed by atoms with Crippen molar-refractivity contribution in [1.29, 1.82) is 0 Å². The van der Waals surface area contributed by atoms with Crippen LogP contribution in [0.25, 0.3) is 0 Å². The standard InChI is InChI=1S/C13H27NO2/c1-11-9-14(10-12(2)16-11)7-6-8-15-13(3,4)5/h11-12H,6-10H2,1-5H3. The lowest BCUT2D eigenvalue weighted by Crippen LogP contribution is -2.45. The molecule has 2 unspecified atom stereocenters. The number of morpholine rings is 1. The second-order valence-corrected chi connectivity index (χ2v) is 5.83. The second-order valence-electron chi connectivity index (χ2n) is 5.83. The quantitative estimate of drug-likeness (QED) is 0.690. The van der Waals surface area contributed by atoms with Crippen molar-refractivity contribution in [3.8, 4) is 0 Å². The van der Waals surface area contributed by atoms with E-state index in [1.807, 2.05) is 0 Å². The van der Waals surface area contributed by atoms with E-state index in [1.54, 1.807) is 0 Å². The van der Waals surface area contributed by atoms with Gasteiger partial charge in [-0.3, -0.25) is 4.90 Å². The largest absolute Gasteiger partial charge is 0.376 e. The van der Waals surface area contributed by atoms with E-state index in [1.165, 1.54) is 0 Å². The molecule has 0 radical (unpaired) electrons. The molecular formula is C13H27NO2. The second kappa shape index (κ2) is 5.99. The first-order valence-corrected chi connectivity index (χ1v) is 6.38. The van der Waals surface area contributed by atoms with E-state index in [-0.39, 0.29) is 5.60 Å². The molecule has 0 saturated carbocycles. The van der Waals surface area contributed by atoms with E-state index < -0.39 is 0 Å². The SMILES string of the molecule is CC1CN(CCCOC(C)(C)C)CC(C)O1. The van der Waals surface area contributed by atoms with Crippen molar-refractivity contribution < 1.29 is 9.47 Å². The summed E-state index contributed by atoms with van der Waals surface area (Å²) in [7, 11) is 0. The van der Waals surface area contributed by atoms with Crippen molar-refractivity contribution in [2.45, 2.75) is 58.8 Å². The fourth-order valence-electron chi connectivity index (χ4n) is 2.13. The van der Waals surface area contributed by atoms with Crippen LogP contribution in [0.2, 0.25) is 0 Å². The van der Waals surface area contributed by atoms with E-state index in [2.05, 4.69) is 39.5 Å². The summed E-state index contributed by atoms with van der Waals surface area (Å²) in [5, 5.41) is 0. The lowest BCUT2D eigenvalue weighted by molar-refractivity contribution is -0.0719. The van der Waals surface area contributed by atoms with Crippen molar-refractivity contribution in [2.24, 2.45) is 0 Å². The van der Waals surface area contributed by atoms with Gasteiger partial charge in [0.15, 0.2) is 0 Å². The van der Waals surface area contributed by atoms with Crippen molar-refractivity contribution >= 4 is 0 Å². The van der Waals surface area contributed by atoms with Gasteiger partial charge < -0.3 is 9.47 Å². The monoisotopic (exact) mass is 229 g/mol. The van der Waals surface area contributed by atoms with Crippen LogP contribution in [-0.2, 0) is 9.47 Å². The lowest BCUT2D eigenvalue weighted by Gasteiger charge is -2.35. The average Bonchev–Trinajstić information content (AvgIpc) is 2.09. The molecule has 96 valence electrons. The molecule has 0 amide bonds. The number of hydrogen-bond donors (Lipinski definition) is 0. The van der Waals surface area contributed by atoms with E-state index in [9.17, 15) is 0 Å². The minimum absolute atomic E-state index is 0.00834. The maximum atomic E-state index is 5.72. The molecule has 3 heteroatoms. The third-order valence-electron chi connectivity index (χ3n) is 2.65. The Morgan fingerprint density at radius 1 is 1.19 bits per heavy atom. The summed E-state index contributed by atoms with van der Waals surface area (Å²) >= 11 is 0. The summed E-state index contributed by atoms with van der Waals surface area (Å²) in [5.74, 6) is 0. The predicted molar refractivity (Wildman–Crippen MR) is 66.8 cm³/mol. The molecule has 1 aliphatic rings. The van der Waals surface area contributed by atoms with Gasteiger partial charge in [0.25, 0.3) is 0 Å². The summed E-state index contributed by atoms with van der Waals surface area (Å²) in [6, 6.07) is 0. The molecule has 1 rings (SSSR count). The van der Waals surface area contributed by atoms with Crippen LogP contribution in [-0.4, -0.2) is 49.0 Å². The maximum Gasteiger partial charge on any atom is 0.0678 e. The Bertz CT molecular complexity index is 191. The van der Waals surface area contributed by atoms with Crippen molar-refractivity contribution in [3.63, 3.8) is 0 Å². The minimum Gasteiger partial charge on any atom is -0.376 e. The van der Waals surface area contributed by atoms with Gasteiger partial charge in [-0.15, -0.1) is 0 Å². The van der Waals surface area contributed by atoms with Crippen LogP contribution in [0.3, 0.4) is 0 Å². The van der Waals surface area contributed by atoms with Crippen LogP contribution >= 0.6 is 0 Å². The highest BCUT2D eigenvalue weighted by atomic mass is 16.5. The normalized spacial score (nSPS) is 28.3. The summed E-state index contributed by atoms with van der Waals surface area (Å²) in [6.45, 7) is 14.7. The fraction of sp³-hybridized carbons (Fsp3) is 1.00. The van der Waals surface area contributed by atoms with Gasteiger partial charge in [-0.05, 0) is 41.0 Å². The van der Waals surface area contributed by atoms with Crippen LogP contribution in [0, 0.1) is 0 Å². The third kappa shape index (κ3) is 5.83. The molecule has 0 spiro atoms. The molecular weight excluding hydrogens is 202 g/mol. The Morgan fingerprint density at radius 3 is 2.25 bits per heavy atom. The molecule has 2 atom stereocenters. The predicted octanol–water partition coefficient (Wildman–Crippen LogP) is 2.30. The molecule has 1 saturated heterocycles. The van der Waals surface area contributed by atoms with Gasteiger partial charge in [0, 0.05) is 26.2 Å². The van der Waals surface area contributed by atoms with Gasteiger partial charge in [-0.2, -0.15) is 0 Å². The smallest absolute Gasteiger partial charge is 0.0678 e. The van der Waals surface area contributed by atoms with Crippen LogP contribution in [0.15, 0.2) is 0 Å². The van der Waals surface area contributed by atoms with Gasteiger partial charge in [-0.25, -0.2) is 0 Å². The maximum absolute atomic E-state index is 5.72. The van der Waals surface area contributed by atoms with Gasteiger partial charge >= 0.3 is 0 Å². The first-order valence-electron chi connectivity index (χ1n) is 6.38. The van der Waals surface area contributed by atoms with E-state index in [0.29, 0.717) is 12.2 Å². The molecule has 0 aromatic carbocycles. The van der Waals surface area contributed by atoms with Gasteiger partial charge in [-0.1, -0.05) is 0 Å². The highest BCUT2D eigenvalue weighted by Gasteiger charge is 2.21. The average molecular weight is 229 g/mol. The van der Waals surface area contributed by atoms with Gasteiger partial charge in [0.05, 0.1) is 17.8 Å². The Labute approximate surface area is 100 Å². The Morgan fingerprint density at radius 2 is 1.75 bits per heavy atom. The van der Waals surface area contributed by atoms with Crippen LogP contribution in [0.1, 0.15) is 41.0 Å². The topological polar surface area (TPSA) is 21.7 Å². The number of rotatable bonds is 4. The molecule has 0 aliphatic carbocycles. The van der Waals surface area contributed by atoms with Crippen LogP contribution < -0.4 is 0 Å². The number of ether oxygens (including phenoxy) is 2. The zero-order valence-corrected chi connectivity index (χ0v) is 11.5. The first-order chi connectivity index (χ1) is 7.37. The number of nitrogens with zero attached hydrogens (tertiary/aromatic N) is 1. The van der Waals surface area contributed by atoms with Gasteiger partial charge in [0.2, 0.25) is 0 Å². The first kappa shape index (κ1) is 13.9.